The van der Waals surface area contributed by atoms with Crippen molar-refractivity contribution >= 4 is 16.1 Å². The number of halogens is 1. The van der Waals surface area contributed by atoms with Crippen LogP contribution in [0.4, 0.5) is 9.18 Å². The number of carbonyl (C=O) groups excluding carboxylic acids is 1. The van der Waals surface area contributed by atoms with E-state index < -0.39 is 10.0 Å². The van der Waals surface area contributed by atoms with Crippen molar-refractivity contribution in [3.05, 3.63) is 59.9 Å². The second kappa shape index (κ2) is 8.35. The summed E-state index contributed by atoms with van der Waals surface area (Å²) >= 11 is 0. The lowest BCUT2D eigenvalue weighted by atomic mass is 9.97. The van der Waals surface area contributed by atoms with Gasteiger partial charge in [-0.1, -0.05) is 36.4 Å². The molecule has 2 saturated heterocycles. The van der Waals surface area contributed by atoms with Gasteiger partial charge in [0.05, 0.1) is 12.3 Å². The van der Waals surface area contributed by atoms with Crippen LogP contribution in [0.25, 0.3) is 11.1 Å². The van der Waals surface area contributed by atoms with Gasteiger partial charge in [-0.15, -0.1) is 0 Å². The molecule has 2 aliphatic heterocycles. The number of rotatable bonds is 5. The Kier molecular flexibility index (Phi) is 5.79. The Balaban J connectivity index is 1.59. The smallest absolute Gasteiger partial charge is 0.320 e. The molecule has 4 rings (SSSR count). The molecule has 0 radical (unpaired) electrons. The lowest BCUT2D eigenvalue weighted by Gasteiger charge is -2.37. The molecule has 2 aromatic carbocycles. The van der Waals surface area contributed by atoms with E-state index >= 15 is 0 Å². The van der Waals surface area contributed by atoms with Crippen molar-refractivity contribution in [1.29, 1.82) is 0 Å². The largest absolute Gasteiger partial charge is 0.325 e. The molecule has 2 heterocycles. The number of carbonyl (C=O) groups is 1. The van der Waals surface area contributed by atoms with Gasteiger partial charge in [0.1, 0.15) is 5.82 Å². The van der Waals surface area contributed by atoms with E-state index in [4.69, 9.17) is 0 Å². The average molecular weight is 432 g/mol. The van der Waals surface area contributed by atoms with Gasteiger partial charge in [-0.3, -0.25) is 0 Å². The molecule has 2 aliphatic rings. The maximum absolute atomic E-state index is 13.6. The third kappa shape index (κ3) is 4.65. The summed E-state index contributed by atoms with van der Waals surface area (Å²) in [7, 11) is -3.39. The van der Waals surface area contributed by atoms with E-state index in [-0.39, 0.29) is 23.9 Å². The summed E-state index contributed by atoms with van der Waals surface area (Å²) < 4.78 is 40.1. The molecule has 8 heteroatoms. The summed E-state index contributed by atoms with van der Waals surface area (Å²) in [6.07, 6.45) is 3.26. The van der Waals surface area contributed by atoms with Gasteiger partial charge in [0, 0.05) is 25.7 Å². The van der Waals surface area contributed by atoms with Crippen LogP contribution in [-0.4, -0.2) is 62.2 Å². The molecule has 0 unspecified atom stereocenters. The number of nitrogens with one attached hydrogen (secondary N) is 1. The van der Waals surface area contributed by atoms with E-state index in [0.717, 1.165) is 42.5 Å². The number of benzene rings is 2. The molecular weight excluding hydrogens is 405 g/mol. The van der Waals surface area contributed by atoms with E-state index in [1.165, 1.54) is 12.1 Å². The molecule has 0 aliphatic carbocycles. The van der Waals surface area contributed by atoms with Crippen LogP contribution in [0.3, 0.4) is 0 Å². The number of sulfonamides is 1. The minimum absolute atomic E-state index is 0.0228. The van der Waals surface area contributed by atoms with E-state index in [1.54, 1.807) is 15.9 Å². The van der Waals surface area contributed by atoms with Crippen molar-refractivity contribution in [3.8, 4) is 11.1 Å². The molecule has 0 spiro atoms. The third-order valence-electron chi connectivity index (χ3n) is 5.81. The van der Waals surface area contributed by atoms with Crippen LogP contribution >= 0.6 is 0 Å². The molecule has 160 valence electrons. The molecule has 2 atom stereocenters. The Morgan fingerprint density at radius 1 is 1.10 bits per heavy atom. The molecule has 30 heavy (non-hydrogen) atoms. The molecule has 0 saturated carbocycles. The van der Waals surface area contributed by atoms with Crippen LogP contribution in [0.5, 0.6) is 0 Å². The summed E-state index contributed by atoms with van der Waals surface area (Å²) in [5.41, 5.74) is 2.64. The number of hydrogen-bond donors (Lipinski definition) is 1. The van der Waals surface area contributed by atoms with Crippen molar-refractivity contribution in [2.24, 2.45) is 0 Å². The Morgan fingerprint density at radius 2 is 1.80 bits per heavy atom. The summed E-state index contributed by atoms with van der Waals surface area (Å²) in [4.78, 5) is 16.5. The lowest BCUT2D eigenvalue weighted by molar-refractivity contribution is 0.120. The molecule has 0 bridgehead atoms. The molecule has 2 amide bonds. The fourth-order valence-electron chi connectivity index (χ4n) is 4.23. The van der Waals surface area contributed by atoms with Gasteiger partial charge in [-0.05, 0) is 48.1 Å². The van der Waals surface area contributed by atoms with Crippen molar-refractivity contribution in [3.63, 3.8) is 0 Å². The first-order valence-electron chi connectivity index (χ1n) is 10.2. The van der Waals surface area contributed by atoms with Gasteiger partial charge in [0.25, 0.3) is 0 Å². The molecule has 0 aromatic heterocycles. The number of amides is 2. The van der Waals surface area contributed by atoms with Gasteiger partial charge >= 0.3 is 6.03 Å². The Morgan fingerprint density at radius 3 is 2.43 bits per heavy atom. The van der Waals surface area contributed by atoms with E-state index in [2.05, 4.69) is 4.72 Å². The highest BCUT2D eigenvalue weighted by atomic mass is 32.2. The first-order chi connectivity index (χ1) is 14.3. The highest BCUT2D eigenvalue weighted by Crippen LogP contribution is 2.27. The van der Waals surface area contributed by atoms with E-state index in [0.29, 0.717) is 19.4 Å². The zero-order valence-corrected chi connectivity index (χ0v) is 17.7. The maximum Gasteiger partial charge on any atom is 0.320 e. The van der Waals surface area contributed by atoms with Gasteiger partial charge in [-0.25, -0.2) is 22.3 Å². The van der Waals surface area contributed by atoms with Gasteiger partial charge in [-0.2, -0.15) is 0 Å². The van der Waals surface area contributed by atoms with Crippen molar-refractivity contribution in [1.82, 2.24) is 14.5 Å². The molecular formula is C22H26FN3O3S. The predicted molar refractivity (Wildman–Crippen MR) is 114 cm³/mol. The summed E-state index contributed by atoms with van der Waals surface area (Å²) in [6.45, 7) is 2.03. The number of urea groups is 1. The highest BCUT2D eigenvalue weighted by Gasteiger charge is 2.40. The third-order valence-corrected chi connectivity index (χ3v) is 6.54. The molecule has 6 nitrogen and oxygen atoms in total. The average Bonchev–Trinajstić information content (AvgIpc) is 3.01. The normalized spacial score (nSPS) is 21.5. The first kappa shape index (κ1) is 20.8. The van der Waals surface area contributed by atoms with Crippen molar-refractivity contribution in [2.75, 3.05) is 25.9 Å². The SMILES string of the molecule is CS(=O)(=O)N[C@H]1CCN(C(=O)N2CCC2)[C@H]1Cc1cccc(-c2cccc(F)c2)c1. The maximum atomic E-state index is 13.6. The van der Waals surface area contributed by atoms with Crippen LogP contribution in [0.15, 0.2) is 48.5 Å². The Hall–Kier alpha value is -2.45. The quantitative estimate of drug-likeness (QED) is 0.792. The van der Waals surface area contributed by atoms with Gasteiger partial charge < -0.3 is 9.80 Å². The Bertz CT molecular complexity index is 1040. The minimum atomic E-state index is -3.39. The summed E-state index contributed by atoms with van der Waals surface area (Å²) in [5.74, 6) is -0.294. The van der Waals surface area contributed by atoms with Crippen LogP contribution in [0.2, 0.25) is 0 Å². The van der Waals surface area contributed by atoms with Crippen molar-refractivity contribution in [2.45, 2.75) is 31.3 Å². The lowest BCUT2D eigenvalue weighted by Crippen LogP contribution is -2.54. The number of hydrogen-bond acceptors (Lipinski definition) is 3. The second-order valence-electron chi connectivity index (χ2n) is 8.08. The zero-order valence-electron chi connectivity index (χ0n) is 16.9. The first-order valence-corrected chi connectivity index (χ1v) is 12.1. The van der Waals surface area contributed by atoms with Crippen molar-refractivity contribution < 1.29 is 17.6 Å². The topological polar surface area (TPSA) is 69.7 Å². The summed E-state index contributed by atoms with van der Waals surface area (Å²) in [5, 5.41) is 0. The predicted octanol–water partition coefficient (Wildman–Crippen LogP) is 2.85. The second-order valence-corrected chi connectivity index (χ2v) is 9.86. The number of nitrogens with zero attached hydrogens (tertiary/aromatic N) is 2. The minimum Gasteiger partial charge on any atom is -0.325 e. The molecule has 2 fully saturated rings. The number of likely N-dealkylation sites (tertiary alicyclic amines) is 2. The van der Waals surface area contributed by atoms with Crippen LogP contribution in [0.1, 0.15) is 18.4 Å². The van der Waals surface area contributed by atoms with Crippen LogP contribution in [0, 0.1) is 5.82 Å². The Labute approximate surface area is 176 Å². The van der Waals surface area contributed by atoms with Gasteiger partial charge in [0.2, 0.25) is 10.0 Å². The standard InChI is InChI=1S/C22H26FN3O3S/c1-30(28,29)24-20-9-12-26(22(27)25-10-4-11-25)21(20)14-16-5-2-6-17(13-16)18-7-3-8-19(23)15-18/h2-3,5-8,13,15,20-21,24H,4,9-12,14H2,1H3/t20-,21-/m0/s1. The molecule has 2 aromatic rings. The van der Waals surface area contributed by atoms with Crippen LogP contribution in [-0.2, 0) is 16.4 Å². The highest BCUT2D eigenvalue weighted by molar-refractivity contribution is 7.88. The van der Waals surface area contributed by atoms with Crippen LogP contribution < -0.4 is 4.72 Å². The van der Waals surface area contributed by atoms with E-state index in [9.17, 15) is 17.6 Å². The fourth-order valence-corrected chi connectivity index (χ4v) is 5.06. The fraction of sp³-hybridized carbons (Fsp3) is 0.409. The zero-order chi connectivity index (χ0) is 21.3. The monoisotopic (exact) mass is 431 g/mol. The summed E-state index contributed by atoms with van der Waals surface area (Å²) in [6, 6.07) is 13.6. The molecule has 1 N–H and O–H groups in total. The van der Waals surface area contributed by atoms with E-state index in [1.807, 2.05) is 30.3 Å². The van der Waals surface area contributed by atoms with Gasteiger partial charge in [0.15, 0.2) is 0 Å².